The van der Waals surface area contributed by atoms with Crippen molar-refractivity contribution in [1.82, 2.24) is 10.2 Å². The number of anilines is 3. The van der Waals surface area contributed by atoms with E-state index in [4.69, 9.17) is 9.15 Å². The molecule has 2 aliphatic rings. The quantitative estimate of drug-likeness (QED) is 0.0980. The molecule has 1 aromatic heterocycles. The van der Waals surface area contributed by atoms with E-state index < -0.39 is 0 Å². The highest BCUT2D eigenvalue weighted by molar-refractivity contribution is 6.35. The molecule has 10 rings (SSSR count). The molecular formula is C51H35N5O6. The average Bonchev–Trinajstić information content (AvgIpc) is 3.98. The molecule has 3 heterocycles. The first-order valence-corrected chi connectivity index (χ1v) is 19.9. The number of rotatable bonds is 10. The van der Waals surface area contributed by atoms with Crippen LogP contribution < -0.4 is 19.4 Å². The SMILES string of the molecule is CN(C)c1ccc(-c2nnc(-c3ccc(Oc4ccc(C(c5ccc(N6C(=O)c7ccccc7C6=O)cc5)c5ccc(N6C(=O)c7ccccc7C6=O)cc5)cc4)cc3)o2)cc1. The van der Waals surface area contributed by atoms with Crippen LogP contribution in [0.4, 0.5) is 17.1 Å². The first-order chi connectivity index (χ1) is 30.2. The molecule has 0 N–H and O–H groups in total. The topological polar surface area (TPSA) is 126 Å². The summed E-state index contributed by atoms with van der Waals surface area (Å²) in [6.45, 7) is 0. The largest absolute Gasteiger partial charge is 0.457 e. The number of ether oxygens (including phenoxy) is 1. The first kappa shape index (κ1) is 37.8. The van der Waals surface area contributed by atoms with Crippen molar-refractivity contribution in [2.75, 3.05) is 28.8 Å². The number of amides is 4. The molecule has 8 aromatic rings. The molecule has 0 fully saturated rings. The van der Waals surface area contributed by atoms with Crippen LogP contribution in [0.1, 0.15) is 64.0 Å². The first-order valence-electron chi connectivity index (χ1n) is 19.9. The predicted molar refractivity (Wildman–Crippen MR) is 235 cm³/mol. The molecule has 0 spiro atoms. The van der Waals surface area contributed by atoms with E-state index in [1.165, 1.54) is 9.80 Å². The number of benzene rings is 7. The summed E-state index contributed by atoms with van der Waals surface area (Å²) in [4.78, 5) is 57.5. The van der Waals surface area contributed by atoms with E-state index >= 15 is 0 Å². The Hall–Kier alpha value is -8.44. The molecule has 300 valence electrons. The van der Waals surface area contributed by atoms with Crippen LogP contribution in [0.25, 0.3) is 22.9 Å². The highest BCUT2D eigenvalue weighted by Gasteiger charge is 2.37. The molecule has 0 saturated heterocycles. The van der Waals surface area contributed by atoms with E-state index in [2.05, 4.69) is 10.2 Å². The number of fused-ring (bicyclic) bond motifs is 2. The summed E-state index contributed by atoms with van der Waals surface area (Å²) in [5.74, 6) is 0.274. The number of imide groups is 2. The van der Waals surface area contributed by atoms with Crippen LogP contribution in [-0.2, 0) is 0 Å². The molecule has 11 heteroatoms. The Morgan fingerprint density at radius 2 is 0.790 bits per heavy atom. The van der Waals surface area contributed by atoms with E-state index in [-0.39, 0.29) is 29.5 Å². The van der Waals surface area contributed by atoms with E-state index in [1.54, 1.807) is 72.8 Å². The Morgan fingerprint density at radius 3 is 1.16 bits per heavy atom. The van der Waals surface area contributed by atoms with E-state index in [1.807, 2.05) is 116 Å². The summed E-state index contributed by atoms with van der Waals surface area (Å²) < 4.78 is 12.2. The lowest BCUT2D eigenvalue weighted by Crippen LogP contribution is -2.29. The summed E-state index contributed by atoms with van der Waals surface area (Å²) in [5.41, 5.74) is 7.78. The lowest BCUT2D eigenvalue weighted by Gasteiger charge is -2.22. The molecular weight excluding hydrogens is 779 g/mol. The zero-order chi connectivity index (χ0) is 42.5. The molecule has 0 bridgehead atoms. The van der Waals surface area contributed by atoms with Crippen LogP contribution in [0.3, 0.4) is 0 Å². The second-order valence-corrected chi connectivity index (χ2v) is 15.1. The highest BCUT2D eigenvalue weighted by atomic mass is 16.5. The zero-order valence-corrected chi connectivity index (χ0v) is 33.4. The van der Waals surface area contributed by atoms with Crippen LogP contribution in [0.15, 0.2) is 174 Å². The van der Waals surface area contributed by atoms with Crippen molar-refractivity contribution in [2.24, 2.45) is 0 Å². The summed E-state index contributed by atoms with van der Waals surface area (Å²) in [7, 11) is 3.97. The minimum absolute atomic E-state index is 0.319. The summed E-state index contributed by atoms with van der Waals surface area (Å²) >= 11 is 0. The Labute approximate surface area is 356 Å². The second kappa shape index (κ2) is 15.3. The standard InChI is InChI=1S/C51H35N5O6/c1-54(2)36-21-15-34(16-22-36)46-52-53-47(62-46)35-19-29-40(30-20-35)61-39-27-17-33(18-28-39)45(31-11-23-37(24-12-31)55-48(57)41-7-3-4-8-42(41)49(55)58)32-13-25-38(26-14-32)56-50(59)43-9-5-6-10-44(43)51(56)60/h3-30,45H,1-2H3. The van der Waals surface area contributed by atoms with Crippen LogP contribution in [0.5, 0.6) is 11.5 Å². The number of carbonyl (C=O) groups excluding carboxylic acids is 4. The van der Waals surface area contributed by atoms with Gasteiger partial charge in [0.25, 0.3) is 23.6 Å². The Balaban J connectivity index is 0.907. The van der Waals surface area contributed by atoms with Gasteiger partial charge in [0.1, 0.15) is 11.5 Å². The molecule has 0 aliphatic carbocycles. The zero-order valence-electron chi connectivity index (χ0n) is 33.4. The van der Waals surface area contributed by atoms with Crippen molar-refractivity contribution in [3.63, 3.8) is 0 Å². The van der Waals surface area contributed by atoms with Crippen LogP contribution >= 0.6 is 0 Å². The van der Waals surface area contributed by atoms with Gasteiger partial charge in [-0.3, -0.25) is 19.2 Å². The molecule has 2 aliphatic heterocycles. The third kappa shape index (κ3) is 6.67. The average molecular weight is 814 g/mol. The molecule has 62 heavy (non-hydrogen) atoms. The maximum atomic E-state index is 13.3. The lowest BCUT2D eigenvalue weighted by molar-refractivity contribution is 0.0910. The van der Waals surface area contributed by atoms with Gasteiger partial charge in [-0.2, -0.15) is 0 Å². The minimum Gasteiger partial charge on any atom is -0.457 e. The second-order valence-electron chi connectivity index (χ2n) is 15.1. The maximum Gasteiger partial charge on any atom is 0.266 e. The van der Waals surface area contributed by atoms with Gasteiger partial charge in [-0.15, -0.1) is 10.2 Å². The number of nitrogens with zero attached hydrogens (tertiary/aromatic N) is 5. The number of hydrogen-bond acceptors (Lipinski definition) is 9. The summed E-state index contributed by atoms with van der Waals surface area (Å²) in [5, 5.41) is 8.50. The smallest absolute Gasteiger partial charge is 0.266 e. The van der Waals surface area contributed by atoms with Crippen molar-refractivity contribution in [3.8, 4) is 34.4 Å². The monoisotopic (exact) mass is 813 g/mol. The lowest BCUT2D eigenvalue weighted by atomic mass is 9.85. The maximum absolute atomic E-state index is 13.3. The molecule has 0 unspecified atom stereocenters. The predicted octanol–water partition coefficient (Wildman–Crippen LogP) is 10.0. The Bertz CT molecular complexity index is 2840. The number of hydrogen-bond donors (Lipinski definition) is 0. The van der Waals surface area contributed by atoms with Gasteiger partial charge < -0.3 is 14.1 Å². The fourth-order valence-corrected chi connectivity index (χ4v) is 7.95. The fourth-order valence-electron chi connectivity index (χ4n) is 7.95. The van der Waals surface area contributed by atoms with Crippen molar-refractivity contribution in [2.45, 2.75) is 5.92 Å². The van der Waals surface area contributed by atoms with Gasteiger partial charge in [-0.25, -0.2) is 9.80 Å². The fraction of sp³-hybridized carbons (Fsp3) is 0.0588. The molecule has 0 saturated carbocycles. The van der Waals surface area contributed by atoms with Crippen molar-refractivity contribution in [3.05, 3.63) is 209 Å². The van der Waals surface area contributed by atoms with Crippen molar-refractivity contribution < 1.29 is 28.3 Å². The Morgan fingerprint density at radius 1 is 0.452 bits per heavy atom. The third-order valence-electron chi connectivity index (χ3n) is 11.2. The van der Waals surface area contributed by atoms with E-state index in [0.717, 1.165) is 33.5 Å². The molecule has 7 aromatic carbocycles. The molecule has 0 atom stereocenters. The van der Waals surface area contributed by atoms with Gasteiger partial charge >= 0.3 is 0 Å². The van der Waals surface area contributed by atoms with Crippen LogP contribution in [0, 0.1) is 0 Å². The molecule has 11 nitrogen and oxygen atoms in total. The summed E-state index contributed by atoms with van der Waals surface area (Å²) in [6.07, 6.45) is 0. The van der Waals surface area contributed by atoms with Gasteiger partial charge in [0.05, 0.1) is 33.6 Å². The van der Waals surface area contributed by atoms with Gasteiger partial charge in [0, 0.05) is 36.8 Å². The van der Waals surface area contributed by atoms with E-state index in [9.17, 15) is 19.2 Å². The van der Waals surface area contributed by atoms with Gasteiger partial charge in [0.2, 0.25) is 11.8 Å². The summed E-state index contributed by atoms with van der Waals surface area (Å²) in [6, 6.07) is 51.4. The van der Waals surface area contributed by atoms with Crippen LogP contribution in [-0.4, -0.2) is 47.9 Å². The molecule has 0 radical (unpaired) electrons. The number of aromatic nitrogens is 2. The van der Waals surface area contributed by atoms with E-state index in [0.29, 0.717) is 56.9 Å². The minimum atomic E-state index is -0.366. The normalized spacial score (nSPS) is 13.2. The third-order valence-corrected chi connectivity index (χ3v) is 11.2. The molecule has 4 amide bonds. The highest BCUT2D eigenvalue weighted by Crippen LogP contribution is 2.38. The van der Waals surface area contributed by atoms with Crippen molar-refractivity contribution >= 4 is 40.7 Å². The Kier molecular flexibility index (Phi) is 9.33. The van der Waals surface area contributed by atoms with Gasteiger partial charge in [-0.1, -0.05) is 60.7 Å². The van der Waals surface area contributed by atoms with Gasteiger partial charge in [-0.05, 0) is 126 Å². The van der Waals surface area contributed by atoms with Crippen molar-refractivity contribution in [1.29, 1.82) is 0 Å². The van der Waals surface area contributed by atoms with Crippen LogP contribution in [0.2, 0.25) is 0 Å². The van der Waals surface area contributed by atoms with Gasteiger partial charge in [0.15, 0.2) is 0 Å². The number of carbonyl (C=O) groups is 4.